The molecule has 4 nitrogen and oxygen atoms in total. The number of carbonyl (C=O) groups excluding carboxylic acids is 1. The lowest BCUT2D eigenvalue weighted by atomic mass is 9.80. The Kier molecular flexibility index (Phi) is 6.17. The molecule has 0 saturated carbocycles. The number of nitrogens with one attached hydrogen (secondary N) is 1. The van der Waals surface area contributed by atoms with Crippen molar-refractivity contribution in [2.45, 2.75) is 45.6 Å². The molecule has 0 radical (unpaired) electrons. The summed E-state index contributed by atoms with van der Waals surface area (Å²) in [6.07, 6.45) is 2.55. The predicted octanol–water partition coefficient (Wildman–Crippen LogP) is 6.57. The molecule has 0 aliphatic carbocycles. The minimum Gasteiger partial charge on any atom is -0.369 e. The van der Waals surface area contributed by atoms with Gasteiger partial charge in [-0.2, -0.15) is 5.26 Å². The molecule has 2 aromatic rings. The molecule has 1 atom stereocenters. The summed E-state index contributed by atoms with van der Waals surface area (Å²) in [5.74, 6) is -0.160. The summed E-state index contributed by atoms with van der Waals surface area (Å²) in [6.45, 7) is 8.48. The van der Waals surface area contributed by atoms with Gasteiger partial charge in [0.05, 0.1) is 0 Å². The Morgan fingerprint density at radius 3 is 2.67 bits per heavy atom. The molecule has 1 aliphatic rings. The van der Waals surface area contributed by atoms with Gasteiger partial charge < -0.3 is 10.2 Å². The molecule has 3 rings (SSSR count). The van der Waals surface area contributed by atoms with E-state index in [-0.39, 0.29) is 11.1 Å². The molecular formula is C24H25Cl2N3O. The maximum Gasteiger partial charge on any atom is 0.266 e. The van der Waals surface area contributed by atoms with Crippen LogP contribution in [0, 0.1) is 18.3 Å². The Hall–Kier alpha value is -2.48. The van der Waals surface area contributed by atoms with Crippen LogP contribution in [0.5, 0.6) is 0 Å². The lowest BCUT2D eigenvalue weighted by Crippen LogP contribution is -2.45. The minimum atomic E-state index is -0.497. The number of benzene rings is 2. The second-order valence-electron chi connectivity index (χ2n) is 8.49. The Morgan fingerprint density at radius 2 is 2.00 bits per heavy atom. The van der Waals surface area contributed by atoms with Crippen LogP contribution < -0.4 is 10.2 Å². The highest BCUT2D eigenvalue weighted by Crippen LogP contribution is 2.44. The molecule has 1 N–H and O–H groups in total. The number of amides is 1. The van der Waals surface area contributed by atoms with Crippen LogP contribution in [0.25, 0.3) is 6.08 Å². The van der Waals surface area contributed by atoms with Crippen LogP contribution in [0.15, 0.2) is 35.9 Å². The van der Waals surface area contributed by atoms with Gasteiger partial charge in [-0.25, -0.2) is 0 Å². The van der Waals surface area contributed by atoms with E-state index in [0.29, 0.717) is 27.2 Å². The van der Waals surface area contributed by atoms with Crippen molar-refractivity contribution in [1.29, 1.82) is 5.26 Å². The Labute approximate surface area is 188 Å². The molecular weight excluding hydrogens is 417 g/mol. The highest BCUT2D eigenvalue weighted by atomic mass is 35.5. The average molecular weight is 442 g/mol. The number of halogens is 2. The molecule has 0 aromatic heterocycles. The normalized spacial score (nSPS) is 17.9. The maximum absolute atomic E-state index is 12.7. The molecule has 0 saturated heterocycles. The molecule has 1 amide bonds. The summed E-state index contributed by atoms with van der Waals surface area (Å²) >= 11 is 12.6. The molecule has 156 valence electrons. The van der Waals surface area contributed by atoms with E-state index in [1.807, 2.05) is 31.2 Å². The zero-order valence-corrected chi connectivity index (χ0v) is 19.3. The number of hydrogen-bond acceptors (Lipinski definition) is 3. The third-order valence-corrected chi connectivity index (χ3v) is 6.43. The van der Waals surface area contributed by atoms with Crippen molar-refractivity contribution < 1.29 is 4.79 Å². The lowest BCUT2D eigenvalue weighted by molar-refractivity contribution is -0.112. The zero-order chi connectivity index (χ0) is 22.2. The van der Waals surface area contributed by atoms with Gasteiger partial charge in [0.25, 0.3) is 5.91 Å². The predicted molar refractivity (Wildman–Crippen MR) is 125 cm³/mol. The topological polar surface area (TPSA) is 56.1 Å². The largest absolute Gasteiger partial charge is 0.369 e. The minimum absolute atomic E-state index is 0.0200. The number of aryl methyl sites for hydroxylation is 1. The summed E-state index contributed by atoms with van der Waals surface area (Å²) < 4.78 is 0. The van der Waals surface area contributed by atoms with Gasteiger partial charge in [0.1, 0.15) is 11.6 Å². The highest BCUT2D eigenvalue weighted by molar-refractivity contribution is 6.32. The lowest BCUT2D eigenvalue weighted by Gasteiger charge is -2.45. The van der Waals surface area contributed by atoms with Crippen LogP contribution in [0.3, 0.4) is 0 Å². The smallest absolute Gasteiger partial charge is 0.266 e. The van der Waals surface area contributed by atoms with E-state index in [0.717, 1.165) is 23.2 Å². The van der Waals surface area contributed by atoms with Crippen molar-refractivity contribution in [3.63, 3.8) is 0 Å². The fraction of sp³-hybridized carbons (Fsp3) is 0.333. The van der Waals surface area contributed by atoms with Crippen molar-refractivity contribution in [3.8, 4) is 6.07 Å². The molecule has 1 aliphatic heterocycles. The highest BCUT2D eigenvalue weighted by Gasteiger charge is 2.34. The fourth-order valence-corrected chi connectivity index (χ4v) is 4.32. The van der Waals surface area contributed by atoms with Crippen molar-refractivity contribution >= 4 is 46.6 Å². The van der Waals surface area contributed by atoms with Gasteiger partial charge in [-0.1, -0.05) is 36.2 Å². The number of fused-ring (bicyclic) bond motifs is 1. The van der Waals surface area contributed by atoms with E-state index in [1.54, 1.807) is 18.2 Å². The number of nitriles is 1. The number of anilines is 2. The first-order valence-electron chi connectivity index (χ1n) is 9.80. The van der Waals surface area contributed by atoms with Crippen LogP contribution in [0.1, 0.15) is 49.8 Å². The standard InChI is InChI=1S/C24H25Cl2N3O/c1-14-6-7-18(25)10-21(14)28-23(30)17(13-27)8-16-9-19-15(2)12-24(3,4)29(5)22(19)11-20(16)26/h6-11,15H,12H2,1-5H3,(H,28,30)/b17-8-/t15-/m0/s1. The summed E-state index contributed by atoms with van der Waals surface area (Å²) in [6, 6.07) is 11.1. The molecule has 1 heterocycles. The Morgan fingerprint density at radius 1 is 1.30 bits per heavy atom. The second kappa shape index (κ2) is 8.34. The summed E-state index contributed by atoms with van der Waals surface area (Å²) in [7, 11) is 2.07. The molecule has 6 heteroatoms. The average Bonchev–Trinajstić information content (AvgIpc) is 2.67. The van der Waals surface area contributed by atoms with Gasteiger partial charge in [-0.3, -0.25) is 4.79 Å². The molecule has 0 fully saturated rings. The number of carbonyl (C=O) groups is 1. The monoisotopic (exact) mass is 441 g/mol. The van der Waals surface area contributed by atoms with Crippen LogP contribution in [0.4, 0.5) is 11.4 Å². The SMILES string of the molecule is Cc1ccc(Cl)cc1NC(=O)/C(C#N)=C\c1cc2c(cc1Cl)N(C)C(C)(C)C[C@@H]2C. The van der Waals surface area contributed by atoms with Crippen LogP contribution in [0.2, 0.25) is 10.0 Å². The van der Waals surface area contributed by atoms with E-state index >= 15 is 0 Å². The first-order valence-corrected chi connectivity index (χ1v) is 10.6. The molecule has 2 aromatic carbocycles. The number of rotatable bonds is 3. The van der Waals surface area contributed by atoms with Crippen LogP contribution in [-0.2, 0) is 4.79 Å². The summed E-state index contributed by atoms with van der Waals surface area (Å²) in [4.78, 5) is 15.0. The van der Waals surface area contributed by atoms with Crippen LogP contribution >= 0.6 is 23.2 Å². The van der Waals surface area contributed by atoms with Crippen molar-refractivity contribution in [2.75, 3.05) is 17.3 Å². The van der Waals surface area contributed by atoms with Gasteiger partial charge in [-0.15, -0.1) is 0 Å². The molecule has 0 bridgehead atoms. The van der Waals surface area contributed by atoms with E-state index in [4.69, 9.17) is 23.2 Å². The summed E-state index contributed by atoms with van der Waals surface area (Å²) in [5.41, 5.74) is 4.34. The van der Waals surface area contributed by atoms with E-state index in [1.165, 1.54) is 0 Å². The van der Waals surface area contributed by atoms with Gasteiger partial charge in [0.15, 0.2) is 0 Å². The van der Waals surface area contributed by atoms with Gasteiger partial charge in [0, 0.05) is 34.0 Å². The quantitative estimate of drug-likeness (QED) is 0.432. The third-order valence-electron chi connectivity index (χ3n) is 5.86. The first kappa shape index (κ1) is 22.2. The van der Waals surface area contributed by atoms with Gasteiger partial charge in [0.2, 0.25) is 0 Å². The molecule has 0 spiro atoms. The number of hydrogen-bond donors (Lipinski definition) is 1. The van der Waals surface area contributed by atoms with Crippen molar-refractivity contribution in [1.82, 2.24) is 0 Å². The number of nitrogens with zero attached hydrogens (tertiary/aromatic N) is 2. The summed E-state index contributed by atoms with van der Waals surface area (Å²) in [5, 5.41) is 13.4. The van der Waals surface area contributed by atoms with E-state index < -0.39 is 5.91 Å². The third kappa shape index (κ3) is 4.33. The van der Waals surface area contributed by atoms with Crippen molar-refractivity contribution in [3.05, 3.63) is 62.6 Å². The van der Waals surface area contributed by atoms with Crippen molar-refractivity contribution in [2.24, 2.45) is 0 Å². The Balaban J connectivity index is 1.97. The zero-order valence-electron chi connectivity index (χ0n) is 17.8. The molecule has 30 heavy (non-hydrogen) atoms. The fourth-order valence-electron chi connectivity index (χ4n) is 3.94. The maximum atomic E-state index is 12.7. The van der Waals surface area contributed by atoms with Gasteiger partial charge in [-0.05, 0) is 80.1 Å². The Bertz CT molecular complexity index is 1080. The van der Waals surface area contributed by atoms with E-state index in [9.17, 15) is 10.1 Å². The first-order chi connectivity index (χ1) is 14.0. The van der Waals surface area contributed by atoms with Crippen LogP contribution in [-0.4, -0.2) is 18.5 Å². The van der Waals surface area contributed by atoms with Gasteiger partial charge >= 0.3 is 0 Å². The second-order valence-corrected chi connectivity index (χ2v) is 9.34. The molecule has 0 unspecified atom stereocenters. The van der Waals surface area contributed by atoms with E-state index in [2.05, 4.69) is 38.0 Å².